The van der Waals surface area contributed by atoms with Crippen LogP contribution in [-0.4, -0.2) is 28.3 Å². The van der Waals surface area contributed by atoms with Crippen molar-refractivity contribution in [3.8, 4) is 0 Å². The molecule has 0 rings (SSSR count). The SMILES string of the molecule is CC(=N)N=C(C)C(=N)C(=O)O. The van der Waals surface area contributed by atoms with E-state index in [2.05, 4.69) is 4.99 Å². The molecule has 0 aromatic rings. The van der Waals surface area contributed by atoms with Gasteiger partial charge < -0.3 is 5.11 Å². The van der Waals surface area contributed by atoms with Crippen LogP contribution in [0.4, 0.5) is 0 Å². The maximum atomic E-state index is 10.1. The van der Waals surface area contributed by atoms with Gasteiger partial charge in [0.15, 0.2) is 5.71 Å². The second kappa shape index (κ2) is 3.60. The third-order valence-corrected chi connectivity index (χ3v) is 0.911. The van der Waals surface area contributed by atoms with Crippen molar-refractivity contribution in [3.63, 3.8) is 0 Å². The maximum absolute atomic E-state index is 10.1. The first-order valence-electron chi connectivity index (χ1n) is 2.87. The highest BCUT2D eigenvalue weighted by molar-refractivity contribution is 6.64. The van der Waals surface area contributed by atoms with Crippen molar-refractivity contribution >= 4 is 23.2 Å². The Balaban J connectivity index is 4.49. The van der Waals surface area contributed by atoms with E-state index in [9.17, 15) is 4.79 Å². The summed E-state index contributed by atoms with van der Waals surface area (Å²) in [7, 11) is 0. The zero-order valence-electron chi connectivity index (χ0n) is 6.30. The Morgan fingerprint density at radius 2 is 1.82 bits per heavy atom. The zero-order chi connectivity index (χ0) is 9.02. The van der Waals surface area contributed by atoms with Crippen LogP contribution in [-0.2, 0) is 4.79 Å². The van der Waals surface area contributed by atoms with Crippen molar-refractivity contribution in [2.45, 2.75) is 13.8 Å². The van der Waals surface area contributed by atoms with E-state index in [-0.39, 0.29) is 11.5 Å². The van der Waals surface area contributed by atoms with Gasteiger partial charge in [-0.2, -0.15) is 0 Å². The molecule has 5 heteroatoms. The summed E-state index contributed by atoms with van der Waals surface area (Å²) in [4.78, 5) is 13.6. The van der Waals surface area contributed by atoms with Crippen molar-refractivity contribution in [2.75, 3.05) is 0 Å². The highest BCUT2D eigenvalue weighted by Gasteiger charge is 2.09. The van der Waals surface area contributed by atoms with Gasteiger partial charge >= 0.3 is 5.97 Å². The van der Waals surface area contributed by atoms with Crippen LogP contribution in [0.3, 0.4) is 0 Å². The molecule has 0 aromatic carbocycles. The Morgan fingerprint density at radius 1 is 1.36 bits per heavy atom. The number of hydrogen-bond donors (Lipinski definition) is 3. The summed E-state index contributed by atoms with van der Waals surface area (Å²) in [6.45, 7) is 2.80. The highest BCUT2D eigenvalue weighted by Crippen LogP contribution is 1.83. The minimum atomic E-state index is -1.33. The predicted octanol–water partition coefficient (Wildman–Crippen LogP) is 0.549. The lowest BCUT2D eigenvalue weighted by Crippen LogP contribution is -2.20. The second-order valence-electron chi connectivity index (χ2n) is 1.96. The van der Waals surface area contributed by atoms with Gasteiger partial charge in [0, 0.05) is 0 Å². The van der Waals surface area contributed by atoms with Crippen LogP contribution in [0.1, 0.15) is 13.8 Å². The van der Waals surface area contributed by atoms with Gasteiger partial charge in [-0.25, -0.2) is 9.79 Å². The number of nitrogens with zero attached hydrogens (tertiary/aromatic N) is 1. The van der Waals surface area contributed by atoms with Gasteiger partial charge in [-0.05, 0) is 13.8 Å². The van der Waals surface area contributed by atoms with Gasteiger partial charge in [-0.15, -0.1) is 0 Å². The first kappa shape index (κ1) is 9.48. The van der Waals surface area contributed by atoms with Crippen LogP contribution in [0.5, 0.6) is 0 Å². The van der Waals surface area contributed by atoms with Crippen molar-refractivity contribution in [1.29, 1.82) is 10.8 Å². The average Bonchev–Trinajstić information content (AvgIpc) is 1.84. The molecule has 5 nitrogen and oxygen atoms in total. The molecular weight excluding hydrogens is 146 g/mol. The predicted molar refractivity (Wildman–Crippen MR) is 41.9 cm³/mol. The Labute approximate surface area is 63.8 Å². The van der Waals surface area contributed by atoms with Gasteiger partial charge in [0.25, 0.3) is 0 Å². The summed E-state index contributed by atoms with van der Waals surface area (Å²) in [5.74, 6) is -1.33. The first-order chi connectivity index (χ1) is 4.95. The maximum Gasteiger partial charge on any atom is 0.355 e. The van der Waals surface area contributed by atoms with Crippen LogP contribution in [0, 0.1) is 10.8 Å². The van der Waals surface area contributed by atoms with Gasteiger partial charge in [0.1, 0.15) is 5.84 Å². The van der Waals surface area contributed by atoms with E-state index in [1.165, 1.54) is 13.8 Å². The van der Waals surface area contributed by atoms with Crippen LogP contribution in [0.15, 0.2) is 4.99 Å². The standard InChI is InChI=1S/C6H9N3O2/c1-3(9-4(2)7)5(8)6(10)11/h7-8H,1-2H3,(H,10,11). The van der Waals surface area contributed by atoms with E-state index >= 15 is 0 Å². The quantitative estimate of drug-likeness (QED) is 0.401. The van der Waals surface area contributed by atoms with Gasteiger partial charge in [0.05, 0.1) is 5.71 Å². The third-order valence-electron chi connectivity index (χ3n) is 0.911. The number of rotatable bonds is 2. The molecule has 0 bridgehead atoms. The number of aliphatic carboxylic acids is 1. The van der Waals surface area contributed by atoms with E-state index in [1.807, 2.05) is 0 Å². The largest absolute Gasteiger partial charge is 0.476 e. The molecule has 0 radical (unpaired) electrons. The monoisotopic (exact) mass is 155 g/mol. The van der Waals surface area contributed by atoms with Crippen LogP contribution < -0.4 is 0 Å². The topological polar surface area (TPSA) is 97.4 Å². The number of aliphatic imine (C=N–C) groups is 1. The molecule has 0 saturated heterocycles. The fraction of sp³-hybridized carbons (Fsp3) is 0.333. The number of carboxylic acids is 1. The lowest BCUT2D eigenvalue weighted by molar-refractivity contribution is -0.129. The summed E-state index contributed by atoms with van der Waals surface area (Å²) in [5, 5.41) is 22.1. The van der Waals surface area contributed by atoms with Gasteiger partial charge in [0.2, 0.25) is 0 Å². The van der Waals surface area contributed by atoms with Gasteiger partial charge in [-0.3, -0.25) is 10.8 Å². The minimum absolute atomic E-state index is 0.00602. The Hall–Kier alpha value is -1.52. The third kappa shape index (κ3) is 3.24. The van der Waals surface area contributed by atoms with E-state index in [1.54, 1.807) is 0 Å². The second-order valence-corrected chi connectivity index (χ2v) is 1.96. The number of nitrogens with one attached hydrogen (secondary N) is 2. The van der Waals surface area contributed by atoms with Crippen molar-refractivity contribution in [2.24, 2.45) is 4.99 Å². The molecule has 0 spiro atoms. The summed E-state index contributed by atoms with van der Waals surface area (Å²) in [6, 6.07) is 0. The molecule has 0 fully saturated rings. The molecule has 0 aliphatic rings. The molecule has 0 heterocycles. The lowest BCUT2D eigenvalue weighted by atomic mass is 10.2. The smallest absolute Gasteiger partial charge is 0.355 e. The number of carbonyl (C=O) groups is 1. The highest BCUT2D eigenvalue weighted by atomic mass is 16.4. The van der Waals surface area contributed by atoms with E-state index in [0.29, 0.717) is 0 Å². The van der Waals surface area contributed by atoms with Crippen molar-refractivity contribution in [3.05, 3.63) is 0 Å². The van der Waals surface area contributed by atoms with Crippen molar-refractivity contribution in [1.82, 2.24) is 0 Å². The molecule has 0 saturated carbocycles. The fourth-order valence-electron chi connectivity index (χ4n) is 0.462. The van der Waals surface area contributed by atoms with Crippen molar-refractivity contribution < 1.29 is 9.90 Å². The molecular formula is C6H9N3O2. The van der Waals surface area contributed by atoms with Gasteiger partial charge in [-0.1, -0.05) is 0 Å². The van der Waals surface area contributed by atoms with Crippen LogP contribution in [0.2, 0.25) is 0 Å². The molecule has 0 amide bonds. The summed E-state index contributed by atoms with van der Waals surface area (Å²) < 4.78 is 0. The Morgan fingerprint density at radius 3 is 2.09 bits per heavy atom. The normalized spacial score (nSPS) is 10.9. The molecule has 0 aliphatic heterocycles. The zero-order valence-corrected chi connectivity index (χ0v) is 6.30. The fourth-order valence-corrected chi connectivity index (χ4v) is 0.462. The first-order valence-corrected chi connectivity index (χ1v) is 2.87. The van der Waals surface area contributed by atoms with Crippen LogP contribution >= 0.6 is 0 Å². The number of hydrogen-bond acceptors (Lipinski definition) is 3. The van der Waals surface area contributed by atoms with E-state index in [4.69, 9.17) is 15.9 Å². The van der Waals surface area contributed by atoms with Crippen LogP contribution in [0.25, 0.3) is 0 Å². The molecule has 11 heavy (non-hydrogen) atoms. The number of amidine groups is 1. The summed E-state index contributed by atoms with van der Waals surface area (Å²) >= 11 is 0. The molecule has 0 aliphatic carbocycles. The lowest BCUT2D eigenvalue weighted by Gasteiger charge is -1.95. The average molecular weight is 155 g/mol. The minimum Gasteiger partial charge on any atom is -0.476 e. The van der Waals surface area contributed by atoms with E-state index in [0.717, 1.165) is 0 Å². The summed E-state index contributed by atoms with van der Waals surface area (Å²) in [5.41, 5.74) is -0.526. The number of carboxylic acid groups (broad SMARTS) is 1. The molecule has 0 unspecified atom stereocenters. The molecule has 3 N–H and O–H groups in total. The molecule has 60 valence electrons. The molecule has 0 aromatic heterocycles. The Bertz CT molecular complexity index is 242. The Kier molecular flexibility index (Phi) is 3.10. The molecule has 0 atom stereocenters. The van der Waals surface area contributed by atoms with E-state index < -0.39 is 11.7 Å². The summed E-state index contributed by atoms with van der Waals surface area (Å²) in [6.07, 6.45) is 0.